The fourth-order valence-corrected chi connectivity index (χ4v) is 5.04. The summed E-state index contributed by atoms with van der Waals surface area (Å²) in [6, 6.07) is 20.2. The third-order valence-corrected chi connectivity index (χ3v) is 6.18. The van der Waals surface area contributed by atoms with Crippen molar-refractivity contribution in [3.63, 3.8) is 0 Å². The van der Waals surface area contributed by atoms with Crippen LogP contribution in [0.3, 0.4) is 0 Å². The molecule has 6 rings (SSSR count). The van der Waals surface area contributed by atoms with E-state index in [4.69, 9.17) is 5.22 Å². The van der Waals surface area contributed by atoms with Crippen molar-refractivity contribution in [2.75, 3.05) is 0 Å². The summed E-state index contributed by atoms with van der Waals surface area (Å²) in [5.74, 6) is 0. The lowest BCUT2D eigenvalue weighted by Gasteiger charge is -2.20. The Balaban J connectivity index is 1.68. The van der Waals surface area contributed by atoms with Crippen molar-refractivity contribution in [1.29, 1.82) is 0 Å². The van der Waals surface area contributed by atoms with Gasteiger partial charge in [0.2, 0.25) is 12.2 Å². The minimum absolute atomic E-state index is 0.150. The largest absolute Gasteiger partial charge is 0.302 e. The average molecular weight is 351 g/mol. The third kappa shape index (κ3) is 1.84. The minimum atomic E-state index is 0.150. The van der Waals surface area contributed by atoms with Gasteiger partial charge in [0.15, 0.2) is 0 Å². The zero-order valence-electron chi connectivity index (χ0n) is 15.8. The van der Waals surface area contributed by atoms with Gasteiger partial charge in [0.1, 0.15) is 0 Å². The highest BCUT2D eigenvalue weighted by atomic mass is 15.6. The van der Waals surface area contributed by atoms with E-state index in [0.717, 1.165) is 6.54 Å². The van der Waals surface area contributed by atoms with Crippen LogP contribution in [0, 0.1) is 20.8 Å². The zero-order valence-corrected chi connectivity index (χ0v) is 15.8. The Morgan fingerprint density at radius 3 is 2.48 bits per heavy atom. The normalized spacial score (nSPS) is 18.5. The molecule has 0 saturated carbocycles. The molecule has 3 aromatic carbocycles. The molecule has 130 valence electrons. The van der Waals surface area contributed by atoms with Crippen LogP contribution in [-0.2, 0) is 6.54 Å². The Morgan fingerprint density at radius 1 is 0.889 bits per heavy atom. The molecule has 1 unspecified atom stereocenters. The Morgan fingerprint density at radius 2 is 1.67 bits per heavy atom. The second-order valence-corrected chi connectivity index (χ2v) is 7.95. The molecule has 0 saturated heterocycles. The molecule has 3 aliphatic rings. The summed E-state index contributed by atoms with van der Waals surface area (Å²) in [5.41, 5.74) is 13.3. The summed E-state index contributed by atoms with van der Waals surface area (Å²) in [6.07, 6.45) is 0. The molecule has 1 atom stereocenters. The van der Waals surface area contributed by atoms with E-state index >= 15 is 0 Å². The number of para-hydroxylation sites is 1. The Bertz CT molecular complexity index is 1210. The second-order valence-electron chi connectivity index (χ2n) is 7.95. The van der Waals surface area contributed by atoms with Gasteiger partial charge in [-0.15, -0.1) is 0 Å². The molecule has 2 heterocycles. The van der Waals surface area contributed by atoms with E-state index in [1.54, 1.807) is 0 Å². The maximum atomic E-state index is 5.09. The molecule has 2 aliphatic heterocycles. The van der Waals surface area contributed by atoms with Crippen molar-refractivity contribution in [3.05, 3.63) is 88.0 Å². The van der Waals surface area contributed by atoms with E-state index in [-0.39, 0.29) is 6.04 Å². The predicted molar refractivity (Wildman–Crippen MR) is 106 cm³/mol. The predicted octanol–water partition coefficient (Wildman–Crippen LogP) is 5.37. The summed E-state index contributed by atoms with van der Waals surface area (Å²) in [4.78, 5) is 0. The van der Waals surface area contributed by atoms with E-state index in [1.807, 2.05) is 0 Å². The van der Waals surface area contributed by atoms with Crippen LogP contribution in [0.25, 0.3) is 11.1 Å². The lowest BCUT2D eigenvalue weighted by Crippen LogP contribution is -2.25. The minimum Gasteiger partial charge on any atom is -0.0612 e. The number of hydrogen-bond acceptors (Lipinski definition) is 1. The van der Waals surface area contributed by atoms with Crippen molar-refractivity contribution >= 4 is 11.4 Å². The van der Waals surface area contributed by atoms with Crippen LogP contribution in [0.15, 0.2) is 59.8 Å². The van der Waals surface area contributed by atoms with E-state index in [1.165, 1.54) is 55.9 Å². The highest BCUT2D eigenvalue weighted by molar-refractivity contribution is 6.12. The fourth-order valence-electron chi connectivity index (χ4n) is 5.04. The van der Waals surface area contributed by atoms with Gasteiger partial charge >= 0.3 is 6.04 Å². The molecule has 0 spiro atoms. The van der Waals surface area contributed by atoms with E-state index < -0.39 is 0 Å². The molecule has 3 aromatic rings. The monoisotopic (exact) mass is 351 g/mol. The molecule has 27 heavy (non-hydrogen) atoms. The molecule has 1 aliphatic carbocycles. The summed E-state index contributed by atoms with van der Waals surface area (Å²) in [5, 5.41) is 5.09. The summed E-state index contributed by atoms with van der Waals surface area (Å²) in [6.45, 7) is 7.41. The quantitative estimate of drug-likeness (QED) is 0.525. The Labute approximate surface area is 158 Å². The van der Waals surface area contributed by atoms with E-state index in [0.29, 0.717) is 0 Å². The van der Waals surface area contributed by atoms with Gasteiger partial charge in [-0.2, -0.15) is 0 Å². The summed E-state index contributed by atoms with van der Waals surface area (Å²) >= 11 is 0. The molecular formula is C24H21N3+2. The Hall–Kier alpha value is -3.07. The topological polar surface area (TPSA) is 18.4 Å². The van der Waals surface area contributed by atoms with Crippen LogP contribution in [0.5, 0.6) is 0 Å². The molecule has 0 aromatic heterocycles. The number of nitrogens with zero attached hydrogens (tertiary/aromatic N) is 3. The van der Waals surface area contributed by atoms with Crippen LogP contribution in [0.1, 0.15) is 39.4 Å². The van der Waals surface area contributed by atoms with Crippen LogP contribution in [0.4, 0.5) is 5.69 Å². The van der Waals surface area contributed by atoms with Crippen molar-refractivity contribution in [1.82, 2.24) is 0 Å². The maximum Gasteiger partial charge on any atom is 0.302 e. The molecule has 0 radical (unpaired) electrons. The van der Waals surface area contributed by atoms with Gasteiger partial charge in [-0.05, 0) is 41.3 Å². The SMILES string of the molecule is Cc1ccc2c(c1)-c1cccc3c1C1=[N+](C3)N=[N+](c3c(C)cccc3C)C12. The first-order valence-corrected chi connectivity index (χ1v) is 9.58. The maximum absolute atomic E-state index is 5.09. The van der Waals surface area contributed by atoms with Gasteiger partial charge in [0.25, 0.3) is 10.9 Å². The van der Waals surface area contributed by atoms with Gasteiger partial charge in [-0.3, -0.25) is 0 Å². The lowest BCUT2D eigenvalue weighted by atomic mass is 9.79. The first-order valence-electron chi connectivity index (χ1n) is 9.58. The van der Waals surface area contributed by atoms with E-state index in [9.17, 15) is 0 Å². The molecule has 0 bridgehead atoms. The molecule has 0 amide bonds. The summed E-state index contributed by atoms with van der Waals surface area (Å²) in [7, 11) is 0. The third-order valence-electron chi connectivity index (χ3n) is 6.18. The number of rotatable bonds is 1. The van der Waals surface area contributed by atoms with Crippen molar-refractivity contribution in [2.45, 2.75) is 33.4 Å². The van der Waals surface area contributed by atoms with Gasteiger partial charge in [-0.1, -0.05) is 60.2 Å². The van der Waals surface area contributed by atoms with Crippen molar-refractivity contribution in [3.8, 4) is 11.1 Å². The smallest absolute Gasteiger partial charge is 0.0612 e. The van der Waals surface area contributed by atoms with Gasteiger partial charge in [-0.25, -0.2) is 0 Å². The van der Waals surface area contributed by atoms with Crippen LogP contribution in [-0.4, -0.2) is 15.1 Å². The lowest BCUT2D eigenvalue weighted by molar-refractivity contribution is -0.674. The van der Waals surface area contributed by atoms with Crippen LogP contribution >= 0.6 is 0 Å². The number of aryl methyl sites for hydroxylation is 3. The van der Waals surface area contributed by atoms with Crippen molar-refractivity contribution in [2.24, 2.45) is 5.22 Å². The molecule has 3 nitrogen and oxygen atoms in total. The highest BCUT2D eigenvalue weighted by Crippen LogP contribution is 2.48. The van der Waals surface area contributed by atoms with Gasteiger partial charge < -0.3 is 0 Å². The number of benzene rings is 3. The zero-order chi connectivity index (χ0) is 18.3. The standard InChI is InChI=1S/C24H21N3/c1-14-10-11-19-20(12-14)18-9-5-8-17-13-26-24(21(17)18)23(19)27(25-26)22-15(2)6-4-7-16(22)3/h4-12,23H,13H2,1-3H3/q+2. The molecular weight excluding hydrogens is 330 g/mol. The molecule has 0 N–H and O–H groups in total. The highest BCUT2D eigenvalue weighted by Gasteiger charge is 2.56. The van der Waals surface area contributed by atoms with E-state index in [2.05, 4.69) is 84.8 Å². The number of hydrogen-bond donors (Lipinski definition) is 0. The van der Waals surface area contributed by atoms with Crippen LogP contribution < -0.4 is 0 Å². The molecule has 3 heteroatoms. The first-order chi connectivity index (χ1) is 13.1. The second kappa shape index (κ2) is 5.01. The Kier molecular flexibility index (Phi) is 2.79. The average Bonchev–Trinajstić information content (AvgIpc) is 3.18. The van der Waals surface area contributed by atoms with Gasteiger partial charge in [0.05, 0.1) is 5.56 Å². The van der Waals surface area contributed by atoms with Crippen LogP contribution in [0.2, 0.25) is 0 Å². The van der Waals surface area contributed by atoms with Gasteiger partial charge in [0, 0.05) is 22.3 Å². The molecule has 0 fully saturated rings. The number of fused-ring (bicyclic) bond motifs is 3. The van der Waals surface area contributed by atoms with Crippen molar-refractivity contribution < 1.29 is 9.38 Å². The first kappa shape index (κ1) is 15.0. The summed E-state index contributed by atoms with van der Waals surface area (Å²) < 4.78 is 4.47. The fraction of sp³-hybridized carbons (Fsp3) is 0.208.